The lowest BCUT2D eigenvalue weighted by atomic mass is 10.1. The number of quaternary nitrogens is 1. The first-order valence-corrected chi connectivity index (χ1v) is 9.46. The van der Waals surface area contributed by atoms with Gasteiger partial charge in [-0.1, -0.05) is 18.2 Å². The quantitative estimate of drug-likeness (QED) is 0.634. The summed E-state index contributed by atoms with van der Waals surface area (Å²) in [7, 11) is 1.60. The van der Waals surface area contributed by atoms with Crippen LogP contribution in [0.15, 0.2) is 60.7 Å². The maximum atomic E-state index is 13.8. The largest absolute Gasteiger partial charge is 0.493 e. The van der Waals surface area contributed by atoms with E-state index in [-0.39, 0.29) is 19.2 Å². The van der Waals surface area contributed by atoms with Crippen LogP contribution in [0.25, 0.3) is 0 Å². The molecule has 0 saturated heterocycles. The molecule has 4 rings (SSSR count). The van der Waals surface area contributed by atoms with Crippen molar-refractivity contribution in [2.24, 2.45) is 0 Å². The first-order valence-electron chi connectivity index (χ1n) is 9.46. The minimum Gasteiger partial charge on any atom is -0.493 e. The average molecular weight is 396 g/mol. The number of rotatable bonds is 8. The van der Waals surface area contributed by atoms with Gasteiger partial charge in [0.15, 0.2) is 23.0 Å². The van der Waals surface area contributed by atoms with Crippen LogP contribution in [-0.2, 0) is 19.7 Å². The molecule has 0 saturated carbocycles. The Bertz CT molecular complexity index is 992. The first kappa shape index (κ1) is 19.1. The Labute approximate surface area is 169 Å². The lowest BCUT2D eigenvalue weighted by Crippen LogP contribution is -2.80. The molecule has 0 atom stereocenters. The molecule has 0 bridgehead atoms. The van der Waals surface area contributed by atoms with Crippen LogP contribution in [0, 0.1) is 5.82 Å². The molecule has 0 spiro atoms. The molecule has 0 aliphatic carbocycles. The van der Waals surface area contributed by atoms with Gasteiger partial charge in [-0.15, -0.1) is 0 Å². The molecular weight excluding hydrogens is 373 g/mol. The highest BCUT2D eigenvalue weighted by Gasteiger charge is 2.14. The van der Waals surface area contributed by atoms with Crippen LogP contribution >= 0.6 is 0 Å². The van der Waals surface area contributed by atoms with Gasteiger partial charge in [-0.25, -0.2) is 4.39 Å². The minimum absolute atomic E-state index is 0.151. The molecule has 1 aliphatic heterocycles. The molecule has 0 aromatic heterocycles. The molecule has 1 heterocycles. The van der Waals surface area contributed by atoms with Gasteiger partial charge < -0.3 is 24.3 Å². The fraction of sp³-hybridized carbons (Fsp3) is 0.217. The smallest absolute Gasteiger partial charge is 0.231 e. The van der Waals surface area contributed by atoms with Gasteiger partial charge in [-0.05, 0) is 42.5 Å². The Morgan fingerprint density at radius 1 is 0.897 bits per heavy atom. The summed E-state index contributed by atoms with van der Waals surface area (Å²) in [5.41, 5.74) is 2.79. The third-order valence-electron chi connectivity index (χ3n) is 4.77. The molecule has 1 aliphatic rings. The average Bonchev–Trinajstić information content (AvgIpc) is 3.21. The Morgan fingerprint density at radius 2 is 1.66 bits per heavy atom. The van der Waals surface area contributed by atoms with E-state index in [4.69, 9.17) is 18.9 Å². The second kappa shape index (κ2) is 8.84. The van der Waals surface area contributed by atoms with Crippen LogP contribution in [0.4, 0.5) is 4.39 Å². The third-order valence-corrected chi connectivity index (χ3v) is 4.77. The molecule has 0 unspecified atom stereocenters. The van der Waals surface area contributed by atoms with Gasteiger partial charge in [-0.3, -0.25) is 0 Å². The normalized spacial score (nSPS) is 12.1. The summed E-state index contributed by atoms with van der Waals surface area (Å²) in [5.74, 6) is 2.55. The van der Waals surface area contributed by atoms with Gasteiger partial charge in [-0.2, -0.15) is 0 Å². The monoisotopic (exact) mass is 396 g/mol. The zero-order valence-corrected chi connectivity index (χ0v) is 16.2. The summed E-state index contributed by atoms with van der Waals surface area (Å²) in [6, 6.07) is 18.4. The van der Waals surface area contributed by atoms with Crippen LogP contribution in [0.5, 0.6) is 23.0 Å². The summed E-state index contributed by atoms with van der Waals surface area (Å²) >= 11 is 0. The van der Waals surface area contributed by atoms with Crippen molar-refractivity contribution in [2.75, 3.05) is 13.9 Å². The van der Waals surface area contributed by atoms with Crippen molar-refractivity contribution in [3.05, 3.63) is 83.2 Å². The van der Waals surface area contributed by atoms with Crippen LogP contribution in [0.2, 0.25) is 0 Å². The maximum absolute atomic E-state index is 13.8. The number of methoxy groups -OCH3 is 1. The zero-order chi connectivity index (χ0) is 20.1. The number of hydrogen-bond donors (Lipinski definition) is 1. The number of halogens is 1. The second-order valence-corrected chi connectivity index (χ2v) is 6.75. The van der Waals surface area contributed by atoms with Crippen molar-refractivity contribution in [3.8, 4) is 23.0 Å². The van der Waals surface area contributed by atoms with Crippen molar-refractivity contribution in [2.45, 2.75) is 19.7 Å². The van der Waals surface area contributed by atoms with E-state index in [0.717, 1.165) is 30.2 Å². The van der Waals surface area contributed by atoms with E-state index in [1.54, 1.807) is 25.3 Å². The van der Waals surface area contributed by atoms with Crippen LogP contribution in [-0.4, -0.2) is 13.9 Å². The van der Waals surface area contributed by atoms with E-state index in [9.17, 15) is 4.39 Å². The molecule has 5 nitrogen and oxygen atoms in total. The molecule has 29 heavy (non-hydrogen) atoms. The van der Waals surface area contributed by atoms with Gasteiger partial charge in [0.2, 0.25) is 6.79 Å². The van der Waals surface area contributed by atoms with Gasteiger partial charge in [0.25, 0.3) is 0 Å². The number of nitrogens with two attached hydrogens (primary N) is 1. The van der Waals surface area contributed by atoms with Crippen molar-refractivity contribution in [1.82, 2.24) is 0 Å². The van der Waals surface area contributed by atoms with Crippen LogP contribution < -0.4 is 24.3 Å². The number of ether oxygens (including phenoxy) is 4. The van der Waals surface area contributed by atoms with Crippen molar-refractivity contribution in [1.29, 1.82) is 0 Å². The SMILES string of the molecule is COc1cc(C[NH2+]Cc2ccc3c(c2)OCO3)ccc1OCc1ccccc1F. The Morgan fingerprint density at radius 3 is 2.48 bits per heavy atom. The third kappa shape index (κ3) is 4.60. The summed E-state index contributed by atoms with van der Waals surface area (Å²) in [5, 5.41) is 2.20. The first-order chi connectivity index (χ1) is 14.2. The molecular formula is C23H23FNO4+. The predicted molar refractivity (Wildman–Crippen MR) is 106 cm³/mol. The van der Waals surface area contributed by atoms with Gasteiger partial charge >= 0.3 is 0 Å². The highest BCUT2D eigenvalue weighted by molar-refractivity contribution is 5.44. The van der Waals surface area contributed by atoms with Crippen molar-refractivity contribution in [3.63, 3.8) is 0 Å². The van der Waals surface area contributed by atoms with E-state index in [0.29, 0.717) is 17.1 Å². The van der Waals surface area contributed by atoms with Crippen LogP contribution in [0.1, 0.15) is 16.7 Å². The molecule has 3 aromatic rings. The predicted octanol–water partition coefficient (Wildman–Crippen LogP) is 3.41. The maximum Gasteiger partial charge on any atom is 0.231 e. The molecule has 2 N–H and O–H groups in total. The molecule has 6 heteroatoms. The standard InChI is InChI=1S/C23H22FNO4/c1-26-22-10-16(6-8-20(22)27-14-18-4-2-3-5-19(18)24)12-25-13-17-7-9-21-23(11-17)29-15-28-21/h2-11,25H,12-15H2,1H3/p+1. The highest BCUT2D eigenvalue weighted by atomic mass is 19.1. The minimum atomic E-state index is -0.277. The molecule has 0 radical (unpaired) electrons. The fourth-order valence-corrected chi connectivity index (χ4v) is 3.20. The fourth-order valence-electron chi connectivity index (χ4n) is 3.20. The van der Waals surface area contributed by atoms with Gasteiger partial charge in [0, 0.05) is 16.7 Å². The van der Waals surface area contributed by atoms with E-state index in [1.165, 1.54) is 11.6 Å². The van der Waals surface area contributed by atoms with E-state index < -0.39 is 0 Å². The van der Waals surface area contributed by atoms with E-state index >= 15 is 0 Å². The van der Waals surface area contributed by atoms with Crippen molar-refractivity contribution < 1.29 is 28.7 Å². The number of benzene rings is 3. The topological polar surface area (TPSA) is 53.5 Å². The van der Waals surface area contributed by atoms with Crippen LogP contribution in [0.3, 0.4) is 0 Å². The zero-order valence-electron chi connectivity index (χ0n) is 16.2. The molecule has 150 valence electrons. The molecule has 0 fully saturated rings. The number of hydrogen-bond acceptors (Lipinski definition) is 4. The van der Waals surface area contributed by atoms with Crippen molar-refractivity contribution >= 4 is 0 Å². The van der Waals surface area contributed by atoms with Gasteiger partial charge in [0.05, 0.1) is 7.11 Å². The summed E-state index contributed by atoms with van der Waals surface area (Å²) in [6.45, 7) is 2.05. The lowest BCUT2D eigenvalue weighted by Gasteiger charge is -2.12. The second-order valence-electron chi connectivity index (χ2n) is 6.75. The Balaban J connectivity index is 1.34. The van der Waals surface area contributed by atoms with E-state index in [1.807, 2.05) is 36.4 Å². The Hall–Kier alpha value is -3.25. The highest BCUT2D eigenvalue weighted by Crippen LogP contribution is 2.32. The summed E-state index contributed by atoms with van der Waals surface area (Å²) in [6.07, 6.45) is 0. The summed E-state index contributed by atoms with van der Waals surface area (Å²) < 4.78 is 35.7. The summed E-state index contributed by atoms with van der Waals surface area (Å²) in [4.78, 5) is 0. The Kier molecular flexibility index (Phi) is 5.81. The molecule has 3 aromatic carbocycles. The lowest BCUT2D eigenvalue weighted by molar-refractivity contribution is -0.686. The number of fused-ring (bicyclic) bond motifs is 1. The molecule has 0 amide bonds. The van der Waals surface area contributed by atoms with E-state index in [2.05, 4.69) is 5.32 Å². The van der Waals surface area contributed by atoms with Gasteiger partial charge in [0.1, 0.15) is 25.5 Å².